The van der Waals surface area contributed by atoms with E-state index in [1.807, 2.05) is 13.0 Å². The number of aryl methyl sites for hydroxylation is 2. The van der Waals surface area contributed by atoms with Crippen molar-refractivity contribution in [3.8, 4) is 0 Å². The summed E-state index contributed by atoms with van der Waals surface area (Å²) in [7, 11) is 1.71. The Hall–Kier alpha value is -2.61. The van der Waals surface area contributed by atoms with E-state index in [0.717, 1.165) is 24.5 Å². The molecule has 3 heterocycles. The number of aromatic nitrogens is 4. The third kappa shape index (κ3) is 3.90. The fourth-order valence-electron chi connectivity index (χ4n) is 3.06. The zero-order valence-corrected chi connectivity index (χ0v) is 14.6. The van der Waals surface area contributed by atoms with Crippen molar-refractivity contribution in [1.82, 2.24) is 25.5 Å². The molecule has 0 aromatic carbocycles. The normalized spacial score (nSPS) is 19.9. The highest BCUT2D eigenvalue weighted by Gasteiger charge is 2.33. The van der Waals surface area contributed by atoms with E-state index in [1.54, 1.807) is 26.3 Å². The summed E-state index contributed by atoms with van der Waals surface area (Å²) in [5.74, 6) is 0.699. The second-order valence-electron chi connectivity index (χ2n) is 6.16. The van der Waals surface area contributed by atoms with Crippen molar-refractivity contribution < 1.29 is 9.53 Å². The van der Waals surface area contributed by atoms with Gasteiger partial charge in [0.15, 0.2) is 0 Å². The topological polar surface area (TPSA) is 93.1 Å². The van der Waals surface area contributed by atoms with Crippen LogP contribution in [-0.4, -0.2) is 58.4 Å². The molecule has 8 nitrogen and oxygen atoms in total. The number of anilines is 1. The molecule has 1 saturated heterocycles. The molecule has 0 aliphatic carbocycles. The maximum atomic E-state index is 12.5. The van der Waals surface area contributed by atoms with E-state index in [9.17, 15) is 4.79 Å². The van der Waals surface area contributed by atoms with Crippen LogP contribution in [0.5, 0.6) is 0 Å². The van der Waals surface area contributed by atoms with Crippen molar-refractivity contribution in [2.24, 2.45) is 0 Å². The molecule has 0 bridgehead atoms. The Labute approximate surface area is 146 Å². The van der Waals surface area contributed by atoms with Crippen LogP contribution in [0.25, 0.3) is 0 Å². The summed E-state index contributed by atoms with van der Waals surface area (Å²) in [6, 6.07) is 3.74. The van der Waals surface area contributed by atoms with Gasteiger partial charge in [-0.05, 0) is 32.4 Å². The third-order valence-corrected chi connectivity index (χ3v) is 4.41. The van der Waals surface area contributed by atoms with E-state index in [4.69, 9.17) is 4.74 Å². The maximum Gasteiger partial charge on any atom is 0.253 e. The van der Waals surface area contributed by atoms with E-state index in [0.29, 0.717) is 17.8 Å². The van der Waals surface area contributed by atoms with Gasteiger partial charge in [-0.3, -0.25) is 4.79 Å². The summed E-state index contributed by atoms with van der Waals surface area (Å²) in [5, 5.41) is 11.0. The largest absolute Gasteiger partial charge is 0.380 e. The maximum absolute atomic E-state index is 12.5. The SMILES string of the molecule is CO[C@@H]1C[C@H](CNC(=O)c2cc(C)nnc2C)N(c2ccncn2)C1. The predicted octanol–water partition coefficient (Wildman–Crippen LogP) is 0.907. The van der Waals surface area contributed by atoms with Gasteiger partial charge >= 0.3 is 0 Å². The Bertz CT molecular complexity index is 739. The number of hydrogen-bond acceptors (Lipinski definition) is 7. The van der Waals surface area contributed by atoms with Gasteiger partial charge in [-0.2, -0.15) is 10.2 Å². The fourth-order valence-corrected chi connectivity index (χ4v) is 3.06. The van der Waals surface area contributed by atoms with Crippen molar-refractivity contribution in [2.75, 3.05) is 25.1 Å². The molecule has 0 unspecified atom stereocenters. The summed E-state index contributed by atoms with van der Waals surface area (Å²) < 4.78 is 5.50. The minimum atomic E-state index is -0.140. The molecule has 8 heteroatoms. The molecule has 3 rings (SSSR count). The lowest BCUT2D eigenvalue weighted by Crippen LogP contribution is -2.40. The van der Waals surface area contributed by atoms with Gasteiger partial charge in [-0.1, -0.05) is 0 Å². The number of carbonyl (C=O) groups excluding carboxylic acids is 1. The smallest absolute Gasteiger partial charge is 0.253 e. The number of carbonyl (C=O) groups is 1. The zero-order valence-electron chi connectivity index (χ0n) is 14.6. The van der Waals surface area contributed by atoms with Crippen molar-refractivity contribution in [3.05, 3.63) is 41.6 Å². The standard InChI is InChI=1S/C17H22N6O2/c1-11-6-15(12(2)22-21-11)17(24)19-8-13-7-14(25-3)9-23(13)16-4-5-18-10-20-16/h4-6,10,13-14H,7-9H2,1-3H3,(H,19,24)/t13-,14-/m1/s1. The van der Waals surface area contributed by atoms with Crippen LogP contribution >= 0.6 is 0 Å². The van der Waals surface area contributed by atoms with E-state index in [2.05, 4.69) is 30.4 Å². The van der Waals surface area contributed by atoms with Crippen molar-refractivity contribution in [1.29, 1.82) is 0 Å². The average Bonchev–Trinajstić information content (AvgIpc) is 3.06. The van der Waals surface area contributed by atoms with Crippen LogP contribution < -0.4 is 10.2 Å². The minimum absolute atomic E-state index is 0.111. The lowest BCUT2D eigenvalue weighted by Gasteiger charge is -2.25. The number of methoxy groups -OCH3 is 1. The Morgan fingerprint density at radius 2 is 2.24 bits per heavy atom. The Balaban J connectivity index is 1.70. The first-order valence-electron chi connectivity index (χ1n) is 8.23. The van der Waals surface area contributed by atoms with Gasteiger partial charge in [0.05, 0.1) is 29.1 Å². The Morgan fingerprint density at radius 1 is 1.40 bits per heavy atom. The monoisotopic (exact) mass is 342 g/mol. The first-order valence-corrected chi connectivity index (χ1v) is 8.23. The molecule has 1 aliphatic heterocycles. The van der Waals surface area contributed by atoms with Crippen molar-refractivity contribution >= 4 is 11.7 Å². The van der Waals surface area contributed by atoms with Gasteiger partial charge in [0.2, 0.25) is 0 Å². The summed E-state index contributed by atoms with van der Waals surface area (Å²) in [6.45, 7) is 4.85. The van der Waals surface area contributed by atoms with Crippen molar-refractivity contribution in [3.63, 3.8) is 0 Å². The van der Waals surface area contributed by atoms with Gasteiger partial charge in [0.25, 0.3) is 5.91 Å². The number of nitrogens with zero attached hydrogens (tertiary/aromatic N) is 5. The number of amides is 1. The second kappa shape index (κ2) is 7.52. The number of nitrogens with one attached hydrogen (secondary N) is 1. The quantitative estimate of drug-likeness (QED) is 0.863. The summed E-state index contributed by atoms with van der Waals surface area (Å²) in [4.78, 5) is 22.9. The van der Waals surface area contributed by atoms with E-state index in [-0.39, 0.29) is 18.1 Å². The molecule has 2 atom stereocenters. The summed E-state index contributed by atoms with van der Waals surface area (Å²) in [6.07, 6.45) is 4.18. The molecule has 1 N–H and O–H groups in total. The number of hydrogen-bond donors (Lipinski definition) is 1. The molecule has 2 aromatic rings. The van der Waals surface area contributed by atoms with Gasteiger partial charge < -0.3 is 15.0 Å². The Kier molecular flexibility index (Phi) is 5.18. The molecule has 25 heavy (non-hydrogen) atoms. The van der Waals surface area contributed by atoms with Crippen LogP contribution in [0.2, 0.25) is 0 Å². The second-order valence-corrected chi connectivity index (χ2v) is 6.16. The molecule has 0 saturated carbocycles. The van der Waals surface area contributed by atoms with Gasteiger partial charge in [-0.15, -0.1) is 0 Å². The van der Waals surface area contributed by atoms with Crippen LogP contribution in [0.3, 0.4) is 0 Å². The molecule has 132 valence electrons. The van der Waals surface area contributed by atoms with Crippen molar-refractivity contribution in [2.45, 2.75) is 32.4 Å². The molecule has 1 fully saturated rings. The number of rotatable bonds is 5. The molecule has 2 aromatic heterocycles. The minimum Gasteiger partial charge on any atom is -0.380 e. The van der Waals surface area contributed by atoms with E-state index in [1.165, 1.54) is 6.33 Å². The first kappa shape index (κ1) is 17.2. The van der Waals surface area contributed by atoms with Crippen LogP contribution in [0.4, 0.5) is 5.82 Å². The third-order valence-electron chi connectivity index (χ3n) is 4.41. The summed E-state index contributed by atoms with van der Waals surface area (Å²) >= 11 is 0. The zero-order chi connectivity index (χ0) is 17.8. The average molecular weight is 342 g/mol. The lowest BCUT2D eigenvalue weighted by atomic mass is 10.1. The molecule has 1 aliphatic rings. The highest BCUT2D eigenvalue weighted by atomic mass is 16.5. The van der Waals surface area contributed by atoms with Gasteiger partial charge in [0, 0.05) is 26.4 Å². The molecule has 0 radical (unpaired) electrons. The van der Waals surface area contributed by atoms with Crippen LogP contribution in [-0.2, 0) is 4.74 Å². The highest BCUT2D eigenvalue weighted by molar-refractivity contribution is 5.95. The first-order chi connectivity index (χ1) is 12.1. The highest BCUT2D eigenvalue weighted by Crippen LogP contribution is 2.24. The van der Waals surface area contributed by atoms with E-state index >= 15 is 0 Å². The lowest BCUT2D eigenvalue weighted by molar-refractivity contribution is 0.0945. The van der Waals surface area contributed by atoms with Crippen LogP contribution in [0.1, 0.15) is 28.2 Å². The molecular weight excluding hydrogens is 320 g/mol. The van der Waals surface area contributed by atoms with Crippen LogP contribution in [0, 0.1) is 13.8 Å². The molecule has 1 amide bonds. The fraction of sp³-hybridized carbons (Fsp3) is 0.471. The molecular formula is C17H22N6O2. The van der Waals surface area contributed by atoms with Gasteiger partial charge in [0.1, 0.15) is 12.1 Å². The van der Waals surface area contributed by atoms with Crippen LogP contribution in [0.15, 0.2) is 24.7 Å². The summed E-state index contributed by atoms with van der Waals surface area (Å²) in [5.41, 5.74) is 1.90. The van der Waals surface area contributed by atoms with E-state index < -0.39 is 0 Å². The Morgan fingerprint density at radius 3 is 2.96 bits per heavy atom. The van der Waals surface area contributed by atoms with Gasteiger partial charge in [-0.25, -0.2) is 9.97 Å². The predicted molar refractivity (Wildman–Crippen MR) is 92.4 cm³/mol. The number of ether oxygens (including phenoxy) is 1. The molecule has 0 spiro atoms.